The predicted molar refractivity (Wildman–Crippen MR) is 94.4 cm³/mol. The van der Waals surface area contributed by atoms with E-state index >= 15 is 0 Å². The summed E-state index contributed by atoms with van der Waals surface area (Å²) in [7, 11) is -2.70. The molecule has 150 valence electrons. The van der Waals surface area contributed by atoms with Crippen LogP contribution in [0.15, 0.2) is 0 Å². The lowest BCUT2D eigenvalue weighted by Crippen LogP contribution is -2.35. The van der Waals surface area contributed by atoms with Crippen molar-refractivity contribution in [1.82, 2.24) is 0 Å². The van der Waals surface area contributed by atoms with Crippen LogP contribution in [0, 0.1) is 10.8 Å². The maximum absolute atomic E-state index is 5.98. The number of rotatable bonds is 4. The molecular weight excluding hydrogens is 382 g/mol. The van der Waals surface area contributed by atoms with Crippen molar-refractivity contribution in [2.24, 2.45) is 10.8 Å². The smallest absolute Gasteiger partial charge is 0.333 e. The molecule has 4 aliphatic heterocycles. The normalized spacial score (nSPS) is 40.6. The van der Waals surface area contributed by atoms with Gasteiger partial charge in [0.1, 0.15) is 24.4 Å². The second-order valence-electron chi connectivity index (χ2n) is 8.75. The first kappa shape index (κ1) is 19.8. The fourth-order valence-corrected chi connectivity index (χ4v) is 6.04. The van der Waals surface area contributed by atoms with Crippen molar-refractivity contribution in [3.8, 4) is 0 Å². The lowest BCUT2D eigenvalue weighted by molar-refractivity contribution is -0.0263. The molecule has 0 aromatic carbocycles. The highest BCUT2D eigenvalue weighted by Crippen LogP contribution is 2.52. The van der Waals surface area contributed by atoms with Crippen molar-refractivity contribution in [3.05, 3.63) is 0 Å². The third-order valence-corrected chi connectivity index (χ3v) is 6.89. The summed E-state index contributed by atoms with van der Waals surface area (Å²) < 4.78 is 46.6. The van der Waals surface area contributed by atoms with Gasteiger partial charge in [-0.1, -0.05) is 27.7 Å². The SMILES string of the molecule is CC1(C)COP(O[C@@H]2COC3C2OC[C@H]3OP2OCC(C)(C)CO2)OC1. The van der Waals surface area contributed by atoms with Gasteiger partial charge in [-0.15, -0.1) is 0 Å². The molecule has 0 radical (unpaired) electrons. The minimum atomic E-state index is -1.35. The maximum Gasteiger partial charge on any atom is 0.333 e. The van der Waals surface area contributed by atoms with Gasteiger partial charge in [-0.2, -0.15) is 0 Å². The summed E-state index contributed by atoms with van der Waals surface area (Å²) in [5, 5.41) is 0. The summed E-state index contributed by atoms with van der Waals surface area (Å²) in [6, 6.07) is 0. The monoisotopic (exact) mass is 410 g/mol. The topological polar surface area (TPSA) is 73.8 Å². The minimum Gasteiger partial charge on any atom is -0.370 e. The molecule has 0 aliphatic carbocycles. The Balaban J connectivity index is 1.25. The predicted octanol–water partition coefficient (Wildman–Crippen LogP) is 3.15. The van der Waals surface area contributed by atoms with Crippen LogP contribution in [-0.2, 0) is 36.6 Å². The van der Waals surface area contributed by atoms with Crippen molar-refractivity contribution < 1.29 is 36.6 Å². The molecule has 4 aliphatic rings. The summed E-state index contributed by atoms with van der Waals surface area (Å²) in [4.78, 5) is 0. The summed E-state index contributed by atoms with van der Waals surface area (Å²) in [5.41, 5.74) is 0.0485. The van der Waals surface area contributed by atoms with Gasteiger partial charge in [0.25, 0.3) is 0 Å². The first-order valence-corrected chi connectivity index (χ1v) is 11.2. The van der Waals surface area contributed by atoms with Crippen molar-refractivity contribution >= 4 is 17.2 Å². The van der Waals surface area contributed by atoms with E-state index in [9.17, 15) is 0 Å². The van der Waals surface area contributed by atoms with Gasteiger partial charge in [0.05, 0.1) is 39.6 Å². The quantitative estimate of drug-likeness (QED) is 0.655. The Labute approximate surface area is 157 Å². The van der Waals surface area contributed by atoms with Crippen molar-refractivity contribution in [3.63, 3.8) is 0 Å². The molecule has 0 N–H and O–H groups in total. The first-order valence-electron chi connectivity index (χ1n) is 9.00. The molecule has 4 fully saturated rings. The van der Waals surface area contributed by atoms with Crippen LogP contribution in [0.3, 0.4) is 0 Å². The maximum atomic E-state index is 5.98. The third-order valence-electron chi connectivity index (χ3n) is 4.65. The van der Waals surface area contributed by atoms with Gasteiger partial charge < -0.3 is 36.6 Å². The zero-order chi connectivity index (χ0) is 18.4. The van der Waals surface area contributed by atoms with Gasteiger partial charge in [-0.05, 0) is 0 Å². The molecule has 0 aromatic rings. The van der Waals surface area contributed by atoms with E-state index < -0.39 is 17.2 Å². The molecule has 2 unspecified atom stereocenters. The Morgan fingerprint density at radius 2 is 1.00 bits per heavy atom. The Morgan fingerprint density at radius 3 is 1.35 bits per heavy atom. The lowest BCUT2D eigenvalue weighted by Gasteiger charge is -2.34. The molecule has 4 heterocycles. The molecule has 0 aromatic heterocycles. The zero-order valence-corrected chi connectivity index (χ0v) is 17.5. The highest BCUT2D eigenvalue weighted by atomic mass is 31.2. The van der Waals surface area contributed by atoms with Gasteiger partial charge in [-0.25, -0.2) is 0 Å². The van der Waals surface area contributed by atoms with Crippen LogP contribution in [0.25, 0.3) is 0 Å². The van der Waals surface area contributed by atoms with Crippen LogP contribution in [0.1, 0.15) is 27.7 Å². The molecule has 26 heavy (non-hydrogen) atoms. The van der Waals surface area contributed by atoms with Crippen LogP contribution in [0.2, 0.25) is 0 Å². The van der Waals surface area contributed by atoms with Crippen LogP contribution in [0.4, 0.5) is 0 Å². The molecule has 0 spiro atoms. The largest absolute Gasteiger partial charge is 0.370 e. The zero-order valence-electron chi connectivity index (χ0n) is 15.7. The highest BCUT2D eigenvalue weighted by Gasteiger charge is 2.51. The summed E-state index contributed by atoms with van der Waals surface area (Å²) >= 11 is 0. The standard InChI is InChI=1S/C16H28O8P2/c1-15(2)7-19-25(20-8-15)23-11-5-17-14-12(6-18-13(11)14)24-26-21-9-16(3,4)10-22-26/h11-14H,5-10H2,1-4H3/t11-,12-,13?,14?/m1/s1. The van der Waals surface area contributed by atoms with E-state index in [0.717, 1.165) is 0 Å². The second-order valence-corrected chi connectivity index (χ2v) is 11.1. The summed E-state index contributed by atoms with van der Waals surface area (Å²) in [5.74, 6) is 0. The van der Waals surface area contributed by atoms with Crippen LogP contribution in [0.5, 0.6) is 0 Å². The second kappa shape index (κ2) is 7.75. The highest BCUT2D eigenvalue weighted by molar-refractivity contribution is 7.42. The van der Waals surface area contributed by atoms with E-state index in [1.54, 1.807) is 0 Å². The summed E-state index contributed by atoms with van der Waals surface area (Å²) in [6.45, 7) is 11.8. The Morgan fingerprint density at radius 1 is 0.654 bits per heavy atom. The van der Waals surface area contributed by atoms with Gasteiger partial charge in [0, 0.05) is 10.8 Å². The Hall–Kier alpha value is 0.540. The lowest BCUT2D eigenvalue weighted by atomic mass is 9.97. The Bertz CT molecular complexity index is 441. The third kappa shape index (κ3) is 4.57. The summed E-state index contributed by atoms with van der Waals surface area (Å²) in [6.07, 6.45) is -0.775. The van der Waals surface area contributed by atoms with Crippen molar-refractivity contribution in [2.75, 3.05) is 39.6 Å². The molecule has 4 rings (SSSR count). The minimum absolute atomic E-state index is 0.0242. The molecule has 0 saturated carbocycles. The Kier molecular flexibility index (Phi) is 5.92. The van der Waals surface area contributed by atoms with E-state index in [2.05, 4.69) is 27.7 Å². The number of hydrogen-bond donors (Lipinski definition) is 0. The fraction of sp³-hybridized carbons (Fsp3) is 1.00. The van der Waals surface area contributed by atoms with Gasteiger partial charge >= 0.3 is 17.2 Å². The van der Waals surface area contributed by atoms with E-state index in [-0.39, 0.29) is 35.2 Å². The van der Waals surface area contributed by atoms with E-state index in [4.69, 9.17) is 36.6 Å². The molecule has 0 amide bonds. The molecule has 0 bridgehead atoms. The van der Waals surface area contributed by atoms with E-state index in [0.29, 0.717) is 39.6 Å². The van der Waals surface area contributed by atoms with E-state index in [1.807, 2.05) is 0 Å². The molecule has 4 saturated heterocycles. The van der Waals surface area contributed by atoms with Crippen LogP contribution in [-0.4, -0.2) is 64.1 Å². The fourth-order valence-electron chi connectivity index (χ4n) is 3.02. The van der Waals surface area contributed by atoms with Gasteiger partial charge in [0.15, 0.2) is 0 Å². The molecule has 10 heteroatoms. The average Bonchev–Trinajstić information content (AvgIpc) is 3.15. The van der Waals surface area contributed by atoms with Gasteiger partial charge in [-0.3, -0.25) is 0 Å². The van der Waals surface area contributed by atoms with Crippen LogP contribution >= 0.6 is 17.2 Å². The number of fused-ring (bicyclic) bond motifs is 1. The average molecular weight is 410 g/mol. The molecular formula is C16H28O8P2. The van der Waals surface area contributed by atoms with E-state index in [1.165, 1.54) is 0 Å². The van der Waals surface area contributed by atoms with Crippen molar-refractivity contribution in [1.29, 1.82) is 0 Å². The molecule has 8 nitrogen and oxygen atoms in total. The first-order chi connectivity index (χ1) is 12.3. The number of ether oxygens (including phenoxy) is 2. The van der Waals surface area contributed by atoms with Gasteiger partial charge in [0.2, 0.25) is 0 Å². The number of hydrogen-bond acceptors (Lipinski definition) is 8. The van der Waals surface area contributed by atoms with Crippen molar-refractivity contribution in [2.45, 2.75) is 52.1 Å². The molecule has 4 atom stereocenters. The van der Waals surface area contributed by atoms with Crippen LogP contribution < -0.4 is 0 Å².